The lowest BCUT2D eigenvalue weighted by molar-refractivity contribution is 0.0923. The summed E-state index contributed by atoms with van der Waals surface area (Å²) in [7, 11) is 1.76. The maximum Gasteiger partial charge on any atom is 0.270 e. The Bertz CT molecular complexity index is 965. The van der Waals surface area contributed by atoms with Gasteiger partial charge in [0, 0.05) is 18.0 Å². The molecule has 7 nitrogen and oxygen atoms in total. The lowest BCUT2D eigenvalue weighted by atomic mass is 9.92. The minimum absolute atomic E-state index is 0.128. The average molecular weight is 367 g/mol. The van der Waals surface area contributed by atoms with Gasteiger partial charge in [0.25, 0.3) is 5.91 Å². The number of aryl methyl sites for hydroxylation is 2. The Morgan fingerprint density at radius 2 is 2.00 bits per heavy atom. The Labute approximate surface area is 158 Å². The number of nitrogens with one attached hydrogen (secondary N) is 1. The molecule has 0 fully saturated rings. The quantitative estimate of drug-likeness (QED) is 0.762. The fourth-order valence-electron chi connectivity index (χ4n) is 2.69. The average Bonchev–Trinajstić information content (AvgIpc) is 3.21. The first-order valence-corrected chi connectivity index (χ1v) is 8.91. The summed E-state index contributed by atoms with van der Waals surface area (Å²) in [6.45, 7) is 10.0. The molecule has 1 N–H and O–H groups in total. The van der Waals surface area contributed by atoms with Gasteiger partial charge in [0.2, 0.25) is 11.7 Å². The number of hydrogen-bond donors (Lipinski definition) is 1. The fourth-order valence-corrected chi connectivity index (χ4v) is 2.69. The molecule has 7 heteroatoms. The largest absolute Gasteiger partial charge is 0.339 e. The van der Waals surface area contributed by atoms with Crippen molar-refractivity contribution in [2.75, 3.05) is 0 Å². The maximum atomic E-state index is 12.6. The summed E-state index contributed by atoms with van der Waals surface area (Å²) in [5.41, 5.74) is 3.22. The fraction of sp³-hybridized carbons (Fsp3) is 0.400. The molecule has 0 spiro atoms. The molecule has 0 aliphatic rings. The molecular weight excluding hydrogens is 342 g/mol. The van der Waals surface area contributed by atoms with E-state index in [0.29, 0.717) is 17.4 Å². The van der Waals surface area contributed by atoms with Crippen LogP contribution in [0.2, 0.25) is 0 Å². The number of nitrogens with zero attached hydrogens (tertiary/aromatic N) is 4. The number of carbonyl (C=O) groups is 1. The molecule has 0 saturated carbocycles. The summed E-state index contributed by atoms with van der Waals surface area (Å²) in [5.74, 6) is 0.631. The molecule has 3 rings (SSSR count). The van der Waals surface area contributed by atoms with Crippen LogP contribution < -0.4 is 5.32 Å². The van der Waals surface area contributed by atoms with Gasteiger partial charge in [-0.15, -0.1) is 0 Å². The van der Waals surface area contributed by atoms with E-state index in [4.69, 9.17) is 4.52 Å². The van der Waals surface area contributed by atoms with E-state index in [0.717, 1.165) is 16.8 Å². The Hall–Kier alpha value is -2.96. The zero-order valence-corrected chi connectivity index (χ0v) is 16.6. The first kappa shape index (κ1) is 18.8. The highest BCUT2D eigenvalue weighted by Gasteiger charge is 2.24. The molecule has 1 amide bonds. The molecule has 142 valence electrons. The van der Waals surface area contributed by atoms with Crippen molar-refractivity contribution in [3.05, 3.63) is 53.2 Å². The zero-order valence-electron chi connectivity index (χ0n) is 16.6. The standard InChI is InChI=1S/C20H25N5O2/c1-12-8-7-9-14(10-12)17-22-19(27-24-17)13(2)21-18(26)15-11-16(20(3,4)5)23-25(15)6/h7-11,13H,1-6H3,(H,21,26). The molecule has 0 radical (unpaired) electrons. The number of benzene rings is 1. The van der Waals surface area contributed by atoms with Crippen LogP contribution in [-0.2, 0) is 12.5 Å². The second-order valence-electron chi connectivity index (χ2n) is 7.81. The number of aromatic nitrogens is 4. The smallest absolute Gasteiger partial charge is 0.270 e. The number of hydrogen-bond acceptors (Lipinski definition) is 5. The predicted octanol–water partition coefficient (Wildman–Crippen LogP) is 3.57. The van der Waals surface area contributed by atoms with Gasteiger partial charge in [-0.1, -0.05) is 49.7 Å². The van der Waals surface area contributed by atoms with Gasteiger partial charge in [-0.3, -0.25) is 9.48 Å². The van der Waals surface area contributed by atoms with E-state index < -0.39 is 6.04 Å². The normalized spacial score (nSPS) is 12.8. The topological polar surface area (TPSA) is 85.8 Å². The summed E-state index contributed by atoms with van der Waals surface area (Å²) in [5, 5.41) is 11.4. The second kappa shape index (κ2) is 6.98. The van der Waals surface area contributed by atoms with Crippen LogP contribution in [0.25, 0.3) is 11.4 Å². The van der Waals surface area contributed by atoms with Gasteiger partial charge in [-0.25, -0.2) is 0 Å². The molecule has 0 aliphatic carbocycles. The van der Waals surface area contributed by atoms with Crippen molar-refractivity contribution in [3.63, 3.8) is 0 Å². The van der Waals surface area contributed by atoms with Crippen LogP contribution in [0.4, 0.5) is 0 Å². The molecule has 1 unspecified atom stereocenters. The van der Waals surface area contributed by atoms with Gasteiger partial charge in [0.05, 0.1) is 5.69 Å². The molecule has 1 atom stereocenters. The summed E-state index contributed by atoms with van der Waals surface area (Å²) >= 11 is 0. The Morgan fingerprint density at radius 1 is 1.26 bits per heavy atom. The molecule has 2 aromatic heterocycles. The van der Waals surface area contributed by atoms with E-state index in [-0.39, 0.29) is 11.3 Å². The van der Waals surface area contributed by atoms with Gasteiger partial charge in [0.1, 0.15) is 11.7 Å². The Morgan fingerprint density at radius 3 is 2.63 bits per heavy atom. The van der Waals surface area contributed by atoms with Crippen molar-refractivity contribution in [2.24, 2.45) is 7.05 Å². The third kappa shape index (κ3) is 4.07. The molecule has 2 heterocycles. The zero-order chi connectivity index (χ0) is 19.8. The number of carbonyl (C=O) groups excluding carboxylic acids is 1. The van der Waals surface area contributed by atoms with Gasteiger partial charge >= 0.3 is 0 Å². The monoisotopic (exact) mass is 367 g/mol. The lowest BCUT2D eigenvalue weighted by Gasteiger charge is -2.13. The number of amides is 1. The number of rotatable bonds is 4. The van der Waals surface area contributed by atoms with Crippen molar-refractivity contribution in [1.29, 1.82) is 0 Å². The van der Waals surface area contributed by atoms with Crippen molar-refractivity contribution in [2.45, 2.75) is 46.1 Å². The third-order valence-electron chi connectivity index (χ3n) is 4.32. The van der Waals surface area contributed by atoms with E-state index in [1.165, 1.54) is 0 Å². The van der Waals surface area contributed by atoms with E-state index in [2.05, 4.69) is 41.3 Å². The molecule has 1 aromatic carbocycles. The summed E-state index contributed by atoms with van der Waals surface area (Å²) < 4.78 is 6.94. The molecule has 0 saturated heterocycles. The summed E-state index contributed by atoms with van der Waals surface area (Å²) in [6, 6.07) is 9.26. The predicted molar refractivity (Wildman–Crippen MR) is 102 cm³/mol. The SMILES string of the molecule is Cc1cccc(-c2noc(C(C)NC(=O)c3cc(C(C)(C)C)nn3C)n2)c1. The van der Waals surface area contributed by atoms with Crippen LogP contribution in [-0.4, -0.2) is 25.8 Å². The van der Waals surface area contributed by atoms with Gasteiger partial charge in [-0.05, 0) is 26.0 Å². The minimum Gasteiger partial charge on any atom is -0.339 e. The van der Waals surface area contributed by atoms with Crippen LogP contribution >= 0.6 is 0 Å². The van der Waals surface area contributed by atoms with Crippen molar-refractivity contribution in [3.8, 4) is 11.4 Å². The first-order chi connectivity index (χ1) is 12.6. The summed E-state index contributed by atoms with van der Waals surface area (Å²) in [6.07, 6.45) is 0. The Kier molecular flexibility index (Phi) is 4.87. The first-order valence-electron chi connectivity index (χ1n) is 8.91. The van der Waals surface area contributed by atoms with Crippen molar-refractivity contribution < 1.29 is 9.32 Å². The maximum absolute atomic E-state index is 12.6. The van der Waals surface area contributed by atoms with Crippen LogP contribution in [0.5, 0.6) is 0 Å². The highest BCUT2D eigenvalue weighted by Crippen LogP contribution is 2.22. The van der Waals surface area contributed by atoms with Gasteiger partial charge < -0.3 is 9.84 Å². The van der Waals surface area contributed by atoms with Crippen molar-refractivity contribution >= 4 is 5.91 Å². The summed E-state index contributed by atoms with van der Waals surface area (Å²) in [4.78, 5) is 17.1. The lowest BCUT2D eigenvalue weighted by Crippen LogP contribution is -2.28. The van der Waals surface area contributed by atoms with Crippen LogP contribution in [0, 0.1) is 6.92 Å². The molecule has 3 aromatic rings. The van der Waals surface area contributed by atoms with E-state index >= 15 is 0 Å². The molecular formula is C20H25N5O2. The van der Waals surface area contributed by atoms with Crippen LogP contribution in [0.1, 0.15) is 61.4 Å². The third-order valence-corrected chi connectivity index (χ3v) is 4.32. The second-order valence-corrected chi connectivity index (χ2v) is 7.81. The van der Waals surface area contributed by atoms with E-state index in [9.17, 15) is 4.79 Å². The van der Waals surface area contributed by atoms with Gasteiger partial charge in [0.15, 0.2) is 0 Å². The minimum atomic E-state index is -0.420. The molecule has 27 heavy (non-hydrogen) atoms. The van der Waals surface area contributed by atoms with E-state index in [1.54, 1.807) is 11.7 Å². The Balaban J connectivity index is 1.75. The molecule has 0 aliphatic heterocycles. The molecule has 0 bridgehead atoms. The van der Waals surface area contributed by atoms with Crippen molar-refractivity contribution in [1.82, 2.24) is 25.2 Å². The van der Waals surface area contributed by atoms with Gasteiger partial charge in [-0.2, -0.15) is 10.1 Å². The van der Waals surface area contributed by atoms with Crippen LogP contribution in [0.15, 0.2) is 34.9 Å². The van der Waals surface area contributed by atoms with E-state index in [1.807, 2.05) is 44.2 Å². The van der Waals surface area contributed by atoms with Crippen LogP contribution in [0.3, 0.4) is 0 Å². The highest BCUT2D eigenvalue weighted by atomic mass is 16.5. The highest BCUT2D eigenvalue weighted by molar-refractivity contribution is 5.92.